The molecule has 1 aromatic heterocycles. The van der Waals surface area contributed by atoms with E-state index in [4.69, 9.17) is 5.73 Å². The molecular weight excluding hydrogens is 456 g/mol. The van der Waals surface area contributed by atoms with Crippen molar-refractivity contribution in [1.29, 1.82) is 0 Å². The number of pyridine rings is 1. The van der Waals surface area contributed by atoms with Crippen LogP contribution < -0.4 is 16.4 Å². The minimum Gasteiger partial charge on any atom is -0.334 e. The molecule has 4 N–H and O–H groups in total. The molecule has 2 amide bonds. The molecular formula is C32H40N4O. The van der Waals surface area contributed by atoms with Crippen LogP contribution in [0.3, 0.4) is 0 Å². The van der Waals surface area contributed by atoms with Crippen LogP contribution in [0.5, 0.6) is 0 Å². The van der Waals surface area contributed by atoms with Gasteiger partial charge in [0.1, 0.15) is 0 Å². The quantitative estimate of drug-likeness (QED) is 0.277. The van der Waals surface area contributed by atoms with Gasteiger partial charge < -0.3 is 16.4 Å². The molecule has 5 nitrogen and oxygen atoms in total. The highest BCUT2D eigenvalue weighted by atomic mass is 16.2. The Morgan fingerprint density at radius 3 is 1.89 bits per heavy atom. The van der Waals surface area contributed by atoms with Gasteiger partial charge in [-0.25, -0.2) is 4.79 Å². The van der Waals surface area contributed by atoms with Gasteiger partial charge in [0, 0.05) is 36.3 Å². The summed E-state index contributed by atoms with van der Waals surface area (Å²) in [5.74, 6) is 0. The Morgan fingerprint density at radius 2 is 1.35 bits per heavy atom. The highest BCUT2D eigenvalue weighted by molar-refractivity contribution is 6.01. The molecule has 0 bridgehead atoms. The number of nitrogens with zero attached hydrogens (tertiary/aromatic N) is 1. The first-order valence-electron chi connectivity index (χ1n) is 12.7. The van der Waals surface area contributed by atoms with Crippen molar-refractivity contribution in [3.8, 4) is 0 Å². The van der Waals surface area contributed by atoms with Gasteiger partial charge in [-0.15, -0.1) is 0 Å². The molecule has 0 unspecified atom stereocenters. The number of anilines is 1. The number of hydrogen-bond donors (Lipinski definition) is 3. The summed E-state index contributed by atoms with van der Waals surface area (Å²) in [6.07, 6.45) is 3.51. The van der Waals surface area contributed by atoms with Crippen LogP contribution in [0.1, 0.15) is 63.8 Å². The predicted molar refractivity (Wildman–Crippen MR) is 156 cm³/mol. The third-order valence-electron chi connectivity index (χ3n) is 6.26. The second-order valence-corrected chi connectivity index (χ2v) is 11.3. The number of hydrogen-bond acceptors (Lipinski definition) is 3. The molecule has 4 aromatic rings. The van der Waals surface area contributed by atoms with Crippen LogP contribution in [0, 0.1) is 0 Å². The zero-order valence-electron chi connectivity index (χ0n) is 22.9. The van der Waals surface area contributed by atoms with E-state index >= 15 is 0 Å². The maximum atomic E-state index is 12.2. The molecule has 194 valence electrons. The number of fused-ring (bicyclic) bond motifs is 1. The van der Waals surface area contributed by atoms with Gasteiger partial charge in [0.15, 0.2) is 0 Å². The number of urea groups is 1. The van der Waals surface area contributed by atoms with Gasteiger partial charge in [-0.3, -0.25) is 4.98 Å². The number of aromatic nitrogens is 1. The fourth-order valence-corrected chi connectivity index (χ4v) is 3.84. The number of nitrogens with one attached hydrogen (secondary N) is 2. The Kier molecular flexibility index (Phi) is 9.06. The monoisotopic (exact) mass is 496 g/mol. The lowest BCUT2D eigenvalue weighted by Crippen LogP contribution is -2.28. The van der Waals surface area contributed by atoms with E-state index < -0.39 is 0 Å². The summed E-state index contributed by atoms with van der Waals surface area (Å²) in [5.41, 5.74) is 11.6. The number of carbonyl (C=O) groups excluding carboxylic acids is 1. The lowest BCUT2D eigenvalue weighted by atomic mass is 9.87. The third-order valence-corrected chi connectivity index (χ3v) is 6.26. The zero-order chi connectivity index (χ0) is 27.1. The minimum atomic E-state index is -0.218. The molecule has 0 saturated carbocycles. The summed E-state index contributed by atoms with van der Waals surface area (Å²) < 4.78 is 0. The van der Waals surface area contributed by atoms with Crippen LogP contribution in [0.25, 0.3) is 10.8 Å². The Labute approximate surface area is 221 Å². The second kappa shape index (κ2) is 12.0. The van der Waals surface area contributed by atoms with Crippen molar-refractivity contribution in [2.24, 2.45) is 5.73 Å². The summed E-state index contributed by atoms with van der Waals surface area (Å²) in [7, 11) is 0. The summed E-state index contributed by atoms with van der Waals surface area (Å²) >= 11 is 0. The van der Waals surface area contributed by atoms with Gasteiger partial charge in [-0.05, 0) is 45.2 Å². The van der Waals surface area contributed by atoms with E-state index in [1.807, 2.05) is 24.3 Å². The van der Waals surface area contributed by atoms with Gasteiger partial charge in [0.25, 0.3) is 0 Å². The number of rotatable bonds is 4. The summed E-state index contributed by atoms with van der Waals surface area (Å²) in [5, 5.41) is 7.79. The van der Waals surface area contributed by atoms with Crippen molar-refractivity contribution in [1.82, 2.24) is 10.3 Å². The van der Waals surface area contributed by atoms with E-state index in [0.29, 0.717) is 13.1 Å². The lowest BCUT2D eigenvalue weighted by molar-refractivity contribution is 0.252. The van der Waals surface area contributed by atoms with E-state index in [-0.39, 0.29) is 16.9 Å². The molecule has 1 heterocycles. The standard InChI is InChI=1S/C21H23N3O.C11H17N/c1-21(2,3)17-9-7-15(8-10-17)13-23-20(25)24-19-6-4-5-16-14-22-12-11-18(16)19;1-11(2,3)10-6-4-9(8-12)5-7-10/h4-12,14H,13H2,1-3H3,(H2,23,24,25);4-7H,8,12H2,1-3H3. The van der Waals surface area contributed by atoms with Gasteiger partial charge in [-0.1, -0.05) is 102 Å². The maximum Gasteiger partial charge on any atom is 0.319 e. The summed E-state index contributed by atoms with van der Waals surface area (Å²) in [6.45, 7) is 14.3. The van der Waals surface area contributed by atoms with Gasteiger partial charge in [0.05, 0.1) is 5.69 Å². The van der Waals surface area contributed by atoms with Gasteiger partial charge in [0.2, 0.25) is 0 Å². The van der Waals surface area contributed by atoms with Crippen molar-refractivity contribution in [2.75, 3.05) is 5.32 Å². The highest BCUT2D eigenvalue weighted by Crippen LogP contribution is 2.24. The van der Waals surface area contributed by atoms with E-state index in [2.05, 4.69) is 106 Å². The van der Waals surface area contributed by atoms with Crippen molar-refractivity contribution >= 4 is 22.5 Å². The molecule has 0 aliphatic rings. The smallest absolute Gasteiger partial charge is 0.319 e. The molecule has 0 aliphatic heterocycles. The Hall–Kier alpha value is -3.70. The van der Waals surface area contributed by atoms with Crippen molar-refractivity contribution in [3.05, 3.63) is 107 Å². The number of benzene rings is 3. The molecule has 0 saturated heterocycles. The first kappa shape index (κ1) is 27.9. The van der Waals surface area contributed by atoms with Crippen molar-refractivity contribution in [2.45, 2.75) is 65.5 Å². The van der Waals surface area contributed by atoms with E-state index in [0.717, 1.165) is 22.0 Å². The zero-order valence-corrected chi connectivity index (χ0v) is 22.9. The normalized spacial score (nSPS) is 11.4. The second-order valence-electron chi connectivity index (χ2n) is 11.3. The largest absolute Gasteiger partial charge is 0.334 e. The van der Waals surface area contributed by atoms with Crippen LogP contribution in [0.2, 0.25) is 0 Å². The van der Waals surface area contributed by atoms with Crippen molar-refractivity contribution in [3.63, 3.8) is 0 Å². The molecule has 0 fully saturated rings. The Balaban J connectivity index is 0.000000266. The van der Waals surface area contributed by atoms with Crippen LogP contribution in [0.4, 0.5) is 10.5 Å². The summed E-state index contributed by atoms with van der Waals surface area (Å²) in [4.78, 5) is 16.3. The first-order chi connectivity index (χ1) is 17.5. The van der Waals surface area contributed by atoms with Crippen molar-refractivity contribution < 1.29 is 4.79 Å². The molecule has 0 radical (unpaired) electrons. The van der Waals surface area contributed by atoms with E-state index in [1.165, 1.54) is 16.7 Å². The van der Waals surface area contributed by atoms with E-state index in [9.17, 15) is 4.79 Å². The average molecular weight is 497 g/mol. The van der Waals surface area contributed by atoms with Crippen LogP contribution in [-0.2, 0) is 23.9 Å². The number of amides is 2. The number of nitrogens with two attached hydrogens (primary N) is 1. The van der Waals surface area contributed by atoms with Crippen LogP contribution in [0.15, 0.2) is 85.2 Å². The fourth-order valence-electron chi connectivity index (χ4n) is 3.84. The molecule has 37 heavy (non-hydrogen) atoms. The van der Waals surface area contributed by atoms with Crippen LogP contribution in [-0.4, -0.2) is 11.0 Å². The maximum absolute atomic E-state index is 12.2. The predicted octanol–water partition coefficient (Wildman–Crippen LogP) is 7.30. The first-order valence-corrected chi connectivity index (χ1v) is 12.7. The Morgan fingerprint density at radius 1 is 0.784 bits per heavy atom. The molecule has 5 heteroatoms. The molecule has 0 atom stereocenters. The average Bonchev–Trinajstić information content (AvgIpc) is 2.87. The Bertz CT molecular complexity index is 1290. The van der Waals surface area contributed by atoms with Gasteiger partial charge in [-0.2, -0.15) is 0 Å². The molecule has 0 spiro atoms. The third kappa shape index (κ3) is 8.16. The molecule has 3 aromatic carbocycles. The number of carbonyl (C=O) groups is 1. The summed E-state index contributed by atoms with van der Waals surface area (Å²) in [6, 6.07) is 24.3. The fraction of sp³-hybridized carbons (Fsp3) is 0.312. The minimum absolute atomic E-state index is 0.132. The molecule has 4 rings (SSSR count). The van der Waals surface area contributed by atoms with Crippen LogP contribution >= 0.6 is 0 Å². The highest BCUT2D eigenvalue weighted by Gasteiger charge is 2.13. The van der Waals surface area contributed by atoms with E-state index in [1.54, 1.807) is 12.4 Å². The SMILES string of the molecule is CC(C)(C)c1ccc(CN)cc1.CC(C)(C)c1ccc(CNC(=O)Nc2cccc3cnccc23)cc1. The molecule has 0 aliphatic carbocycles. The van der Waals surface area contributed by atoms with Gasteiger partial charge >= 0.3 is 6.03 Å². The topological polar surface area (TPSA) is 80.0 Å². The lowest BCUT2D eigenvalue weighted by Gasteiger charge is -2.19.